The van der Waals surface area contributed by atoms with Crippen LogP contribution >= 0.6 is 30.4 Å². The van der Waals surface area contributed by atoms with Crippen LogP contribution in [0.3, 0.4) is 0 Å². The average Bonchev–Trinajstić information content (AvgIpc) is 2.30. The number of carbonyl (C=O) groups is 1. The number of rotatable bonds is 5. The molecule has 0 saturated carbocycles. The second-order valence-corrected chi connectivity index (χ2v) is 4.06. The maximum absolute atomic E-state index is 10.3. The van der Waals surface area contributed by atoms with E-state index in [1.807, 2.05) is 59.3 Å². The molecule has 1 rings (SSSR count). The molecule has 1 aromatic rings. The first kappa shape index (κ1) is 15.6. The van der Waals surface area contributed by atoms with Gasteiger partial charge in [-0.2, -0.15) is 0 Å². The molecule has 0 spiro atoms. The second-order valence-electron chi connectivity index (χ2n) is 2.69. The zero-order valence-corrected chi connectivity index (χ0v) is 12.2. The lowest BCUT2D eigenvalue weighted by Gasteiger charge is -2.02. The summed E-state index contributed by atoms with van der Waals surface area (Å²) < 4.78 is 5.21. The molecule has 0 fully saturated rings. The van der Waals surface area contributed by atoms with Crippen LogP contribution in [0.1, 0.15) is 25.8 Å². The van der Waals surface area contributed by atoms with Gasteiger partial charge < -0.3 is 9.29 Å². The van der Waals surface area contributed by atoms with Crippen LogP contribution in [0.2, 0.25) is 0 Å². The minimum atomic E-state index is -0.778. The van der Waals surface area contributed by atoms with E-state index in [0.29, 0.717) is 6.42 Å². The van der Waals surface area contributed by atoms with E-state index in [2.05, 4.69) is 0 Å². The van der Waals surface area contributed by atoms with Crippen molar-refractivity contribution in [3.8, 4) is 5.75 Å². The van der Waals surface area contributed by atoms with Crippen LogP contribution < -0.4 is 4.18 Å². The molecule has 0 aliphatic carbocycles. The standard InChI is InChI=1S/C9H9IO3S.C2H6/c10-14-13-8-3-1-2-7(6-8)4-5-9(11)12;1-2/h1-3,6H,4-5H2,(H,11,12);1-2H3. The van der Waals surface area contributed by atoms with E-state index in [0.717, 1.165) is 11.3 Å². The van der Waals surface area contributed by atoms with E-state index >= 15 is 0 Å². The highest BCUT2D eigenvalue weighted by molar-refractivity contribution is 14.2. The summed E-state index contributed by atoms with van der Waals surface area (Å²) in [7, 11) is 1.24. The number of carboxylic acids is 1. The van der Waals surface area contributed by atoms with Crippen molar-refractivity contribution in [2.24, 2.45) is 0 Å². The van der Waals surface area contributed by atoms with E-state index < -0.39 is 5.97 Å². The predicted octanol–water partition coefficient (Wildman–Crippen LogP) is 4.11. The van der Waals surface area contributed by atoms with Gasteiger partial charge in [0.25, 0.3) is 0 Å². The molecule has 0 saturated heterocycles. The van der Waals surface area contributed by atoms with Crippen molar-refractivity contribution in [2.75, 3.05) is 0 Å². The van der Waals surface area contributed by atoms with Crippen LogP contribution in [0.25, 0.3) is 0 Å². The van der Waals surface area contributed by atoms with Gasteiger partial charge in [0, 0.05) is 27.6 Å². The Labute approximate surface area is 112 Å². The number of benzene rings is 1. The molecule has 1 N–H and O–H groups in total. The Kier molecular flexibility index (Phi) is 9.51. The summed E-state index contributed by atoms with van der Waals surface area (Å²) in [6.45, 7) is 4.00. The lowest BCUT2D eigenvalue weighted by atomic mass is 10.1. The minimum Gasteiger partial charge on any atom is -0.481 e. The fourth-order valence-corrected chi connectivity index (χ4v) is 1.84. The molecule has 0 bridgehead atoms. The highest BCUT2D eigenvalue weighted by Crippen LogP contribution is 2.22. The molecule has 0 radical (unpaired) electrons. The van der Waals surface area contributed by atoms with Crippen LogP contribution in [0.4, 0.5) is 0 Å². The van der Waals surface area contributed by atoms with Crippen molar-refractivity contribution in [2.45, 2.75) is 26.7 Å². The Hall–Kier alpha value is -0.430. The van der Waals surface area contributed by atoms with Gasteiger partial charge in [0.1, 0.15) is 15.0 Å². The third kappa shape index (κ3) is 6.95. The molecule has 0 aromatic heterocycles. The van der Waals surface area contributed by atoms with Gasteiger partial charge in [-0.25, -0.2) is 0 Å². The molecule has 16 heavy (non-hydrogen) atoms. The summed E-state index contributed by atoms with van der Waals surface area (Å²) in [4.78, 5) is 10.3. The molecule has 5 heteroatoms. The van der Waals surface area contributed by atoms with Crippen LogP contribution in [0.15, 0.2) is 24.3 Å². The Balaban J connectivity index is 0.00000106. The molecule has 1 aromatic carbocycles. The van der Waals surface area contributed by atoms with E-state index in [9.17, 15) is 4.79 Å². The number of carboxylic acid groups (broad SMARTS) is 1. The summed E-state index contributed by atoms with van der Waals surface area (Å²) >= 11 is 2.03. The molecular formula is C11H15IO3S. The molecule has 0 atom stereocenters. The fraction of sp³-hybridized carbons (Fsp3) is 0.364. The van der Waals surface area contributed by atoms with E-state index in [4.69, 9.17) is 9.29 Å². The highest BCUT2D eigenvalue weighted by Gasteiger charge is 2.00. The van der Waals surface area contributed by atoms with Gasteiger partial charge in [-0.1, -0.05) is 26.0 Å². The molecule has 3 nitrogen and oxygen atoms in total. The Morgan fingerprint density at radius 3 is 2.75 bits per heavy atom. The van der Waals surface area contributed by atoms with Crippen molar-refractivity contribution in [3.05, 3.63) is 29.8 Å². The molecule has 0 unspecified atom stereocenters. The van der Waals surface area contributed by atoms with Crippen LogP contribution in [-0.2, 0) is 11.2 Å². The first-order chi connectivity index (χ1) is 7.72. The Bertz CT molecular complexity index is 318. The van der Waals surface area contributed by atoms with Gasteiger partial charge >= 0.3 is 5.97 Å². The van der Waals surface area contributed by atoms with Crippen molar-refractivity contribution in [3.63, 3.8) is 0 Å². The first-order valence-corrected chi connectivity index (χ1v) is 8.27. The number of hydrogen-bond acceptors (Lipinski definition) is 3. The third-order valence-electron chi connectivity index (χ3n) is 1.65. The van der Waals surface area contributed by atoms with Gasteiger partial charge in [0.05, 0.1) is 0 Å². The average molecular weight is 354 g/mol. The Morgan fingerprint density at radius 1 is 1.50 bits per heavy atom. The molecule has 90 valence electrons. The summed E-state index contributed by atoms with van der Waals surface area (Å²) in [6, 6.07) is 7.46. The fourth-order valence-electron chi connectivity index (χ4n) is 1.04. The molecule has 0 amide bonds. The SMILES string of the molecule is CC.O=C(O)CCc1cccc(OSI)c1. The van der Waals surface area contributed by atoms with Crippen molar-refractivity contribution < 1.29 is 14.1 Å². The minimum absolute atomic E-state index is 0.154. The maximum atomic E-state index is 10.3. The number of hydrogen-bond donors (Lipinski definition) is 1. The van der Waals surface area contributed by atoms with Gasteiger partial charge in [0.15, 0.2) is 0 Å². The van der Waals surface area contributed by atoms with Crippen LogP contribution in [-0.4, -0.2) is 11.1 Å². The second kappa shape index (κ2) is 9.77. The number of aliphatic carboxylic acids is 1. The van der Waals surface area contributed by atoms with E-state index in [-0.39, 0.29) is 6.42 Å². The summed E-state index contributed by atoms with van der Waals surface area (Å²) in [5.74, 6) is -0.0214. The molecular weight excluding hydrogens is 339 g/mol. The lowest BCUT2D eigenvalue weighted by Crippen LogP contribution is -1.97. The van der Waals surface area contributed by atoms with E-state index in [1.165, 1.54) is 9.21 Å². The first-order valence-electron chi connectivity index (χ1n) is 4.98. The topological polar surface area (TPSA) is 46.5 Å². The smallest absolute Gasteiger partial charge is 0.303 e. The zero-order valence-electron chi connectivity index (χ0n) is 9.27. The van der Waals surface area contributed by atoms with Crippen molar-refractivity contribution >= 4 is 36.4 Å². The quantitative estimate of drug-likeness (QED) is 0.639. The predicted molar refractivity (Wildman–Crippen MR) is 76.0 cm³/mol. The van der Waals surface area contributed by atoms with Crippen LogP contribution in [0, 0.1) is 0 Å². The zero-order chi connectivity index (χ0) is 12.4. The molecule has 0 aliphatic heterocycles. The molecule has 0 aliphatic rings. The summed E-state index contributed by atoms with van der Waals surface area (Å²) in [5.41, 5.74) is 0.982. The van der Waals surface area contributed by atoms with Gasteiger partial charge in [-0.15, -0.1) is 0 Å². The van der Waals surface area contributed by atoms with Crippen LogP contribution in [0.5, 0.6) is 5.75 Å². The number of halogens is 1. The van der Waals surface area contributed by atoms with Crippen molar-refractivity contribution in [1.29, 1.82) is 0 Å². The lowest BCUT2D eigenvalue weighted by molar-refractivity contribution is -0.136. The van der Waals surface area contributed by atoms with Gasteiger partial charge in [-0.3, -0.25) is 4.79 Å². The highest BCUT2D eigenvalue weighted by atomic mass is 127. The van der Waals surface area contributed by atoms with Gasteiger partial charge in [0.2, 0.25) is 0 Å². The van der Waals surface area contributed by atoms with E-state index in [1.54, 1.807) is 0 Å². The van der Waals surface area contributed by atoms with Gasteiger partial charge in [-0.05, 0) is 24.1 Å². The monoisotopic (exact) mass is 354 g/mol. The van der Waals surface area contributed by atoms with Crippen molar-refractivity contribution in [1.82, 2.24) is 0 Å². The maximum Gasteiger partial charge on any atom is 0.303 e. The Morgan fingerprint density at radius 2 is 2.19 bits per heavy atom. The third-order valence-corrected chi connectivity index (χ3v) is 2.45. The summed E-state index contributed by atoms with van der Waals surface area (Å²) in [5, 5.41) is 8.51. The number of aryl methyl sites for hydroxylation is 1. The largest absolute Gasteiger partial charge is 0.481 e. The summed E-state index contributed by atoms with van der Waals surface area (Å²) in [6.07, 6.45) is 0.694. The molecule has 0 heterocycles. The normalized spacial score (nSPS) is 8.94.